The number of phenolic OH excluding ortho intramolecular Hbond substituents is 1. The number of hydrogen-bond donors (Lipinski definition) is 2. The zero-order valence-corrected chi connectivity index (χ0v) is 7.83. The molecule has 13 heavy (non-hydrogen) atoms. The third kappa shape index (κ3) is 1.83. The molecule has 0 amide bonds. The normalized spacial score (nSPS) is 27.8. The molecule has 1 aliphatic heterocycles. The predicted octanol–water partition coefficient (Wildman–Crippen LogP) is 2.21. The van der Waals surface area contributed by atoms with Crippen LogP contribution in [0.2, 0.25) is 0 Å². The Balaban J connectivity index is 2.13. The Morgan fingerprint density at radius 3 is 2.46 bits per heavy atom. The van der Waals surface area contributed by atoms with E-state index in [0.29, 0.717) is 17.8 Å². The first-order valence-electron chi connectivity index (χ1n) is 4.80. The van der Waals surface area contributed by atoms with Crippen molar-refractivity contribution in [1.82, 2.24) is 5.32 Å². The largest absolute Gasteiger partial charge is 0.508 e. The van der Waals surface area contributed by atoms with Gasteiger partial charge in [0, 0.05) is 12.1 Å². The third-order valence-corrected chi connectivity index (χ3v) is 2.67. The Morgan fingerprint density at radius 2 is 1.92 bits per heavy atom. The van der Waals surface area contributed by atoms with Crippen LogP contribution in [0.3, 0.4) is 0 Å². The summed E-state index contributed by atoms with van der Waals surface area (Å²) in [4.78, 5) is 0. The summed E-state index contributed by atoms with van der Waals surface area (Å²) in [7, 11) is 0. The first-order valence-corrected chi connectivity index (χ1v) is 4.80. The lowest BCUT2D eigenvalue weighted by Gasteiger charge is -2.11. The summed E-state index contributed by atoms with van der Waals surface area (Å²) in [6, 6.07) is 8.59. The van der Waals surface area contributed by atoms with Crippen LogP contribution in [-0.2, 0) is 0 Å². The maximum Gasteiger partial charge on any atom is 0.115 e. The second-order valence-corrected chi connectivity index (χ2v) is 3.79. The van der Waals surface area contributed by atoms with Gasteiger partial charge in [-0.2, -0.15) is 0 Å². The van der Waals surface area contributed by atoms with E-state index < -0.39 is 0 Å². The van der Waals surface area contributed by atoms with E-state index in [1.165, 1.54) is 18.4 Å². The van der Waals surface area contributed by atoms with Gasteiger partial charge in [0.05, 0.1) is 0 Å². The Labute approximate surface area is 78.6 Å². The molecular formula is C11H15NO. The van der Waals surface area contributed by atoms with Gasteiger partial charge in [-0.15, -0.1) is 0 Å². The molecule has 2 rings (SSSR count). The Bertz CT molecular complexity index is 281. The SMILES string of the molecule is CC1CCC(c2ccc(O)cc2)N1. The van der Waals surface area contributed by atoms with Gasteiger partial charge in [0.15, 0.2) is 0 Å². The van der Waals surface area contributed by atoms with Crippen molar-refractivity contribution in [2.45, 2.75) is 31.8 Å². The lowest BCUT2D eigenvalue weighted by molar-refractivity contribution is 0.474. The summed E-state index contributed by atoms with van der Waals surface area (Å²) in [5, 5.41) is 12.6. The summed E-state index contributed by atoms with van der Waals surface area (Å²) in [5.74, 6) is 0.342. The number of phenols is 1. The minimum Gasteiger partial charge on any atom is -0.508 e. The molecule has 0 radical (unpaired) electrons. The van der Waals surface area contributed by atoms with Crippen molar-refractivity contribution < 1.29 is 5.11 Å². The highest BCUT2D eigenvalue weighted by atomic mass is 16.3. The van der Waals surface area contributed by atoms with E-state index in [0.717, 1.165) is 0 Å². The van der Waals surface area contributed by atoms with Crippen LogP contribution >= 0.6 is 0 Å². The van der Waals surface area contributed by atoms with E-state index in [4.69, 9.17) is 5.11 Å². The van der Waals surface area contributed by atoms with Crippen molar-refractivity contribution in [3.63, 3.8) is 0 Å². The summed E-state index contributed by atoms with van der Waals surface area (Å²) in [6.45, 7) is 2.21. The maximum absolute atomic E-state index is 9.13. The third-order valence-electron chi connectivity index (χ3n) is 2.67. The van der Waals surface area contributed by atoms with Crippen LogP contribution in [0.5, 0.6) is 5.75 Å². The van der Waals surface area contributed by atoms with E-state index in [2.05, 4.69) is 12.2 Å². The van der Waals surface area contributed by atoms with E-state index in [1.807, 2.05) is 12.1 Å². The monoisotopic (exact) mass is 177 g/mol. The molecule has 70 valence electrons. The number of nitrogens with one attached hydrogen (secondary N) is 1. The van der Waals surface area contributed by atoms with Crippen LogP contribution in [0.4, 0.5) is 0 Å². The fourth-order valence-electron chi connectivity index (χ4n) is 1.90. The first kappa shape index (κ1) is 8.57. The summed E-state index contributed by atoms with van der Waals surface area (Å²) < 4.78 is 0. The summed E-state index contributed by atoms with van der Waals surface area (Å²) >= 11 is 0. The molecule has 0 aromatic heterocycles. The van der Waals surface area contributed by atoms with Crippen molar-refractivity contribution in [2.75, 3.05) is 0 Å². The maximum atomic E-state index is 9.13. The second-order valence-electron chi connectivity index (χ2n) is 3.79. The van der Waals surface area contributed by atoms with Gasteiger partial charge in [-0.05, 0) is 37.5 Å². The highest BCUT2D eigenvalue weighted by Crippen LogP contribution is 2.27. The molecule has 0 aliphatic carbocycles. The topological polar surface area (TPSA) is 32.3 Å². The highest BCUT2D eigenvalue weighted by Gasteiger charge is 2.21. The van der Waals surface area contributed by atoms with E-state index in [1.54, 1.807) is 12.1 Å². The van der Waals surface area contributed by atoms with Crippen LogP contribution in [-0.4, -0.2) is 11.1 Å². The lowest BCUT2D eigenvalue weighted by atomic mass is 10.1. The average Bonchev–Trinajstić information content (AvgIpc) is 2.53. The molecule has 1 heterocycles. The Kier molecular flexibility index (Phi) is 2.23. The molecule has 1 aliphatic rings. The van der Waals surface area contributed by atoms with Crippen molar-refractivity contribution in [2.24, 2.45) is 0 Å². The fraction of sp³-hybridized carbons (Fsp3) is 0.455. The first-order chi connectivity index (χ1) is 6.25. The van der Waals surface area contributed by atoms with Gasteiger partial charge in [0.1, 0.15) is 5.75 Å². The molecule has 1 aromatic carbocycles. The zero-order valence-electron chi connectivity index (χ0n) is 7.83. The number of benzene rings is 1. The van der Waals surface area contributed by atoms with Crippen LogP contribution in [0.25, 0.3) is 0 Å². The molecule has 2 N–H and O–H groups in total. The minimum atomic E-state index is 0.342. The summed E-state index contributed by atoms with van der Waals surface area (Å²) in [5.41, 5.74) is 1.28. The minimum absolute atomic E-state index is 0.342. The van der Waals surface area contributed by atoms with E-state index >= 15 is 0 Å². The van der Waals surface area contributed by atoms with Gasteiger partial charge in [-0.1, -0.05) is 12.1 Å². The van der Waals surface area contributed by atoms with Crippen LogP contribution in [0.1, 0.15) is 31.4 Å². The molecule has 0 spiro atoms. The van der Waals surface area contributed by atoms with Crippen molar-refractivity contribution in [1.29, 1.82) is 0 Å². The molecular weight excluding hydrogens is 162 g/mol. The fourth-order valence-corrected chi connectivity index (χ4v) is 1.90. The quantitative estimate of drug-likeness (QED) is 0.689. The van der Waals surface area contributed by atoms with Crippen LogP contribution in [0.15, 0.2) is 24.3 Å². The smallest absolute Gasteiger partial charge is 0.115 e. The molecule has 2 heteroatoms. The van der Waals surface area contributed by atoms with Crippen molar-refractivity contribution in [3.05, 3.63) is 29.8 Å². The number of aromatic hydroxyl groups is 1. The van der Waals surface area contributed by atoms with E-state index in [9.17, 15) is 0 Å². The highest BCUT2D eigenvalue weighted by molar-refractivity contribution is 5.28. The van der Waals surface area contributed by atoms with Gasteiger partial charge >= 0.3 is 0 Å². The Morgan fingerprint density at radius 1 is 1.23 bits per heavy atom. The molecule has 2 unspecified atom stereocenters. The molecule has 2 nitrogen and oxygen atoms in total. The Hall–Kier alpha value is -1.02. The van der Waals surface area contributed by atoms with Crippen LogP contribution in [0, 0.1) is 0 Å². The van der Waals surface area contributed by atoms with Gasteiger partial charge in [0.25, 0.3) is 0 Å². The molecule has 0 saturated carbocycles. The second kappa shape index (κ2) is 3.38. The van der Waals surface area contributed by atoms with Gasteiger partial charge in [-0.3, -0.25) is 0 Å². The lowest BCUT2D eigenvalue weighted by Crippen LogP contribution is -2.20. The van der Waals surface area contributed by atoms with E-state index in [-0.39, 0.29) is 0 Å². The van der Waals surface area contributed by atoms with Gasteiger partial charge < -0.3 is 10.4 Å². The van der Waals surface area contributed by atoms with Crippen molar-refractivity contribution >= 4 is 0 Å². The number of hydrogen-bond acceptors (Lipinski definition) is 2. The molecule has 0 bridgehead atoms. The molecule has 1 saturated heterocycles. The van der Waals surface area contributed by atoms with Gasteiger partial charge in [-0.25, -0.2) is 0 Å². The standard InChI is InChI=1S/C11H15NO/c1-8-2-7-11(12-8)9-3-5-10(13)6-4-9/h3-6,8,11-13H,2,7H2,1H3. The predicted molar refractivity (Wildman–Crippen MR) is 52.7 cm³/mol. The molecule has 1 aromatic rings. The molecule has 2 atom stereocenters. The molecule has 1 fully saturated rings. The average molecular weight is 177 g/mol. The summed E-state index contributed by atoms with van der Waals surface area (Å²) in [6.07, 6.45) is 2.44. The zero-order chi connectivity index (χ0) is 9.26. The number of rotatable bonds is 1. The van der Waals surface area contributed by atoms with Crippen molar-refractivity contribution in [3.8, 4) is 5.75 Å². The van der Waals surface area contributed by atoms with Crippen LogP contribution < -0.4 is 5.32 Å². The van der Waals surface area contributed by atoms with Gasteiger partial charge in [0.2, 0.25) is 0 Å².